The standard InChI is InChI=1S/C14H19FN2O4S2/c15-12-2-1-3-13(10-12)23(20,21)17-6-4-16(5-7-17)14(19)11-22-9-8-18/h1-3,10,18H,4-9,11H2. The van der Waals surface area contributed by atoms with Gasteiger partial charge in [-0.15, -0.1) is 11.8 Å². The smallest absolute Gasteiger partial charge is 0.243 e. The van der Waals surface area contributed by atoms with Gasteiger partial charge in [0.1, 0.15) is 5.82 Å². The number of carbonyl (C=O) groups excluding carboxylic acids is 1. The average Bonchev–Trinajstić information content (AvgIpc) is 2.55. The van der Waals surface area contributed by atoms with Crippen LogP contribution in [0.4, 0.5) is 4.39 Å². The molecule has 2 rings (SSSR count). The normalized spacial score (nSPS) is 16.5. The van der Waals surface area contributed by atoms with Crippen molar-refractivity contribution in [2.24, 2.45) is 0 Å². The van der Waals surface area contributed by atoms with Crippen molar-refractivity contribution in [2.45, 2.75) is 4.90 Å². The van der Waals surface area contributed by atoms with Gasteiger partial charge in [0.2, 0.25) is 15.9 Å². The second kappa shape index (κ2) is 8.09. The van der Waals surface area contributed by atoms with Gasteiger partial charge in [0.25, 0.3) is 0 Å². The summed E-state index contributed by atoms with van der Waals surface area (Å²) in [7, 11) is -3.74. The molecule has 0 aliphatic carbocycles. The Labute approximate surface area is 139 Å². The molecule has 0 unspecified atom stereocenters. The number of thioether (sulfide) groups is 1. The minimum absolute atomic E-state index is 0.0254. The Balaban J connectivity index is 1.94. The molecule has 0 aromatic heterocycles. The largest absolute Gasteiger partial charge is 0.396 e. The second-order valence-electron chi connectivity index (χ2n) is 5.02. The van der Waals surface area contributed by atoms with Crippen LogP contribution in [0.15, 0.2) is 29.2 Å². The van der Waals surface area contributed by atoms with Crippen LogP contribution in [-0.4, -0.2) is 72.9 Å². The number of carbonyl (C=O) groups is 1. The van der Waals surface area contributed by atoms with Crippen molar-refractivity contribution in [1.82, 2.24) is 9.21 Å². The first-order valence-electron chi connectivity index (χ1n) is 7.17. The number of piperazine rings is 1. The molecule has 128 valence electrons. The summed E-state index contributed by atoms with van der Waals surface area (Å²) < 4.78 is 39.4. The van der Waals surface area contributed by atoms with Crippen LogP contribution in [0, 0.1) is 5.82 Å². The first-order valence-corrected chi connectivity index (χ1v) is 9.76. The van der Waals surface area contributed by atoms with Gasteiger partial charge in [-0.05, 0) is 18.2 Å². The van der Waals surface area contributed by atoms with Crippen molar-refractivity contribution in [1.29, 1.82) is 0 Å². The predicted octanol–water partition coefficient (Wildman–Crippen LogP) is 0.384. The van der Waals surface area contributed by atoms with Gasteiger partial charge in [-0.25, -0.2) is 12.8 Å². The SMILES string of the molecule is O=C(CSCCO)N1CCN(S(=O)(=O)c2cccc(F)c2)CC1. The van der Waals surface area contributed by atoms with Crippen LogP contribution in [0.3, 0.4) is 0 Å². The highest BCUT2D eigenvalue weighted by molar-refractivity contribution is 7.99. The molecule has 1 aliphatic heterocycles. The monoisotopic (exact) mass is 362 g/mol. The molecule has 1 N–H and O–H groups in total. The highest BCUT2D eigenvalue weighted by Crippen LogP contribution is 2.18. The summed E-state index contributed by atoms with van der Waals surface area (Å²) in [5, 5.41) is 8.70. The van der Waals surface area contributed by atoms with E-state index in [1.54, 1.807) is 4.90 Å². The Bertz CT molecular complexity index is 646. The first kappa shape index (κ1) is 18.2. The van der Waals surface area contributed by atoms with Crippen molar-refractivity contribution in [2.75, 3.05) is 44.3 Å². The molecule has 23 heavy (non-hydrogen) atoms. The molecule has 1 aromatic rings. The third kappa shape index (κ3) is 4.66. The number of rotatable bonds is 6. The van der Waals surface area contributed by atoms with Gasteiger partial charge in [-0.2, -0.15) is 4.31 Å². The minimum atomic E-state index is -3.74. The summed E-state index contributed by atoms with van der Waals surface area (Å²) in [5.41, 5.74) is 0. The molecule has 0 atom stereocenters. The number of sulfonamides is 1. The molecule has 1 fully saturated rings. The number of halogens is 1. The Morgan fingerprint density at radius 3 is 2.57 bits per heavy atom. The van der Waals surface area contributed by atoms with Crippen molar-refractivity contribution < 1.29 is 22.7 Å². The maximum atomic E-state index is 13.2. The van der Waals surface area contributed by atoms with E-state index in [0.29, 0.717) is 18.8 Å². The summed E-state index contributed by atoms with van der Waals surface area (Å²) in [6.45, 7) is 1.03. The number of hydrogen-bond donors (Lipinski definition) is 1. The Hall–Kier alpha value is -1.16. The molecular formula is C14H19FN2O4S2. The zero-order valence-corrected chi connectivity index (χ0v) is 14.2. The van der Waals surface area contributed by atoms with Gasteiger partial charge in [-0.1, -0.05) is 6.07 Å². The quantitative estimate of drug-likeness (QED) is 0.741. The number of hydrogen-bond acceptors (Lipinski definition) is 5. The number of nitrogens with zero attached hydrogens (tertiary/aromatic N) is 2. The molecule has 1 amide bonds. The van der Waals surface area contributed by atoms with Gasteiger partial charge in [-0.3, -0.25) is 4.79 Å². The zero-order valence-electron chi connectivity index (χ0n) is 12.5. The molecule has 0 radical (unpaired) electrons. The Morgan fingerprint density at radius 2 is 1.96 bits per heavy atom. The van der Waals surface area contributed by atoms with Gasteiger partial charge < -0.3 is 10.0 Å². The summed E-state index contributed by atoms with van der Waals surface area (Å²) >= 11 is 1.35. The molecule has 1 heterocycles. The van der Waals surface area contributed by atoms with E-state index in [9.17, 15) is 17.6 Å². The van der Waals surface area contributed by atoms with Crippen LogP contribution in [0.25, 0.3) is 0 Å². The highest BCUT2D eigenvalue weighted by Gasteiger charge is 2.30. The van der Waals surface area contributed by atoms with Gasteiger partial charge in [0, 0.05) is 31.9 Å². The molecule has 1 saturated heterocycles. The van der Waals surface area contributed by atoms with Gasteiger partial charge >= 0.3 is 0 Å². The molecule has 9 heteroatoms. The minimum Gasteiger partial charge on any atom is -0.396 e. The summed E-state index contributed by atoms with van der Waals surface area (Å²) in [6, 6.07) is 4.92. The third-order valence-corrected chi connectivity index (χ3v) is 6.30. The van der Waals surface area contributed by atoms with Crippen LogP contribution in [-0.2, 0) is 14.8 Å². The zero-order chi connectivity index (χ0) is 16.9. The van der Waals surface area contributed by atoms with Crippen LogP contribution in [0.1, 0.15) is 0 Å². The topological polar surface area (TPSA) is 77.9 Å². The summed E-state index contributed by atoms with van der Waals surface area (Å²) in [5.74, 6) is 0.115. The second-order valence-corrected chi connectivity index (χ2v) is 8.06. The van der Waals surface area contributed by atoms with Crippen molar-refractivity contribution >= 4 is 27.7 Å². The molecule has 1 aromatic carbocycles. The van der Waals surface area contributed by atoms with E-state index < -0.39 is 15.8 Å². The molecular weight excluding hydrogens is 343 g/mol. The molecule has 0 bridgehead atoms. The maximum Gasteiger partial charge on any atom is 0.243 e. The van der Waals surface area contributed by atoms with Crippen LogP contribution in [0.5, 0.6) is 0 Å². The van der Waals surface area contributed by atoms with E-state index >= 15 is 0 Å². The predicted molar refractivity (Wildman–Crippen MR) is 86.1 cm³/mol. The Kier molecular flexibility index (Phi) is 6.40. The van der Waals surface area contributed by atoms with Crippen molar-refractivity contribution in [3.63, 3.8) is 0 Å². The summed E-state index contributed by atoms with van der Waals surface area (Å²) in [6.07, 6.45) is 0. The fraction of sp³-hybridized carbons (Fsp3) is 0.500. The van der Waals surface area contributed by atoms with Crippen LogP contribution in [0.2, 0.25) is 0 Å². The fourth-order valence-electron chi connectivity index (χ4n) is 2.27. The van der Waals surface area contributed by atoms with Crippen molar-refractivity contribution in [3.8, 4) is 0 Å². The molecule has 0 saturated carbocycles. The lowest BCUT2D eigenvalue weighted by atomic mass is 10.3. The lowest BCUT2D eigenvalue weighted by Gasteiger charge is -2.34. The van der Waals surface area contributed by atoms with Crippen LogP contribution >= 0.6 is 11.8 Å². The lowest BCUT2D eigenvalue weighted by molar-refractivity contribution is -0.129. The van der Waals surface area contributed by atoms with Crippen LogP contribution < -0.4 is 0 Å². The van der Waals surface area contributed by atoms with E-state index in [-0.39, 0.29) is 36.3 Å². The molecule has 1 aliphatic rings. The first-order chi connectivity index (χ1) is 10.9. The number of aliphatic hydroxyl groups is 1. The fourth-order valence-corrected chi connectivity index (χ4v) is 4.35. The average molecular weight is 362 g/mol. The van der Waals surface area contributed by atoms with E-state index in [4.69, 9.17) is 5.11 Å². The molecule has 0 spiro atoms. The Morgan fingerprint density at radius 1 is 1.26 bits per heavy atom. The van der Waals surface area contributed by atoms with E-state index in [1.165, 1.54) is 34.3 Å². The van der Waals surface area contributed by atoms with E-state index in [0.717, 1.165) is 6.07 Å². The number of benzene rings is 1. The maximum absolute atomic E-state index is 13.2. The van der Waals surface area contributed by atoms with E-state index in [2.05, 4.69) is 0 Å². The van der Waals surface area contributed by atoms with Gasteiger partial charge in [0.05, 0.1) is 17.3 Å². The summed E-state index contributed by atoms with van der Waals surface area (Å²) in [4.78, 5) is 13.5. The third-order valence-electron chi connectivity index (χ3n) is 3.49. The van der Waals surface area contributed by atoms with Gasteiger partial charge in [0.15, 0.2) is 0 Å². The van der Waals surface area contributed by atoms with E-state index in [1.807, 2.05) is 0 Å². The number of aliphatic hydroxyl groups excluding tert-OH is 1. The number of amides is 1. The molecule has 6 nitrogen and oxygen atoms in total. The highest BCUT2D eigenvalue weighted by atomic mass is 32.2. The lowest BCUT2D eigenvalue weighted by Crippen LogP contribution is -2.51. The van der Waals surface area contributed by atoms with Crippen molar-refractivity contribution in [3.05, 3.63) is 30.1 Å².